The zero-order valence-corrected chi connectivity index (χ0v) is 12.0. The fraction of sp³-hybridized carbons (Fsp3) is 0.467. The van der Waals surface area contributed by atoms with Crippen LogP contribution in [0.25, 0.3) is 0 Å². The molecule has 1 atom stereocenters. The van der Waals surface area contributed by atoms with E-state index >= 15 is 0 Å². The molecule has 0 aliphatic heterocycles. The van der Waals surface area contributed by atoms with E-state index in [0.29, 0.717) is 6.54 Å². The van der Waals surface area contributed by atoms with E-state index in [1.807, 2.05) is 44.2 Å². The Labute approximate surface area is 119 Å². The molecule has 1 unspecified atom stereocenters. The zero-order valence-electron chi connectivity index (χ0n) is 12.0. The van der Waals surface area contributed by atoms with Crippen LogP contribution in [0.1, 0.15) is 25.8 Å². The topological polar surface area (TPSA) is 69.6 Å². The first-order valence-corrected chi connectivity index (χ1v) is 6.84. The van der Waals surface area contributed by atoms with Gasteiger partial charge in [-0.15, -0.1) is 0 Å². The van der Waals surface area contributed by atoms with Gasteiger partial charge in [0.05, 0.1) is 0 Å². The summed E-state index contributed by atoms with van der Waals surface area (Å²) in [6.07, 6.45) is 1.45. The molecule has 0 heterocycles. The number of hydrogen-bond acceptors (Lipinski definition) is 2. The lowest BCUT2D eigenvalue weighted by Crippen LogP contribution is -2.46. The van der Waals surface area contributed by atoms with E-state index in [0.717, 1.165) is 18.4 Å². The predicted molar refractivity (Wildman–Crippen MR) is 77.6 cm³/mol. The molecule has 0 spiro atoms. The monoisotopic (exact) mass is 278 g/mol. The van der Waals surface area contributed by atoms with Crippen molar-refractivity contribution in [2.24, 2.45) is 0 Å². The van der Waals surface area contributed by atoms with E-state index < -0.39 is 5.97 Å². The molecule has 2 N–H and O–H groups in total. The Morgan fingerprint density at radius 1 is 1.30 bits per heavy atom. The van der Waals surface area contributed by atoms with Gasteiger partial charge in [0, 0.05) is 12.6 Å². The SMILES string of the molecule is CCCN(CC(=O)O)C(=O)NC(C)Cc1ccccc1. The Hall–Kier alpha value is -2.04. The molecule has 5 heteroatoms. The standard InChI is InChI=1S/C15H22N2O3/c1-3-9-17(11-14(18)19)15(20)16-12(2)10-13-7-5-4-6-8-13/h4-8,12H,3,9-11H2,1-2H3,(H,16,20)(H,18,19). The molecule has 1 rings (SSSR count). The van der Waals surface area contributed by atoms with Crippen molar-refractivity contribution in [2.45, 2.75) is 32.7 Å². The number of urea groups is 1. The summed E-state index contributed by atoms with van der Waals surface area (Å²) in [5.74, 6) is -0.996. The number of rotatable bonds is 7. The molecule has 0 saturated carbocycles. The first-order valence-electron chi connectivity index (χ1n) is 6.84. The highest BCUT2D eigenvalue weighted by Crippen LogP contribution is 2.03. The van der Waals surface area contributed by atoms with Gasteiger partial charge in [0.15, 0.2) is 0 Å². The summed E-state index contributed by atoms with van der Waals surface area (Å²) in [7, 11) is 0. The molecule has 0 aliphatic rings. The van der Waals surface area contributed by atoms with E-state index in [4.69, 9.17) is 5.11 Å². The number of hydrogen-bond donors (Lipinski definition) is 2. The maximum absolute atomic E-state index is 12.0. The molecular formula is C15H22N2O3. The largest absolute Gasteiger partial charge is 0.480 e. The quantitative estimate of drug-likeness (QED) is 0.802. The predicted octanol–water partition coefficient (Wildman–Crippen LogP) is 2.12. The molecule has 5 nitrogen and oxygen atoms in total. The van der Waals surface area contributed by atoms with Crippen LogP contribution < -0.4 is 5.32 Å². The smallest absolute Gasteiger partial charge is 0.323 e. The summed E-state index contributed by atoms with van der Waals surface area (Å²) in [6, 6.07) is 9.50. The molecular weight excluding hydrogens is 256 g/mol. The Morgan fingerprint density at radius 2 is 1.95 bits per heavy atom. The van der Waals surface area contributed by atoms with Crippen LogP contribution in [0, 0.1) is 0 Å². The van der Waals surface area contributed by atoms with E-state index in [1.165, 1.54) is 4.90 Å². The van der Waals surface area contributed by atoms with Crippen LogP contribution in [0.3, 0.4) is 0 Å². The number of nitrogens with zero attached hydrogens (tertiary/aromatic N) is 1. The molecule has 110 valence electrons. The molecule has 1 aromatic rings. The second kappa shape index (κ2) is 8.19. The highest BCUT2D eigenvalue weighted by Gasteiger charge is 2.17. The van der Waals surface area contributed by atoms with Crippen molar-refractivity contribution in [3.8, 4) is 0 Å². The molecule has 1 aromatic carbocycles. The molecule has 2 amide bonds. The van der Waals surface area contributed by atoms with Crippen LogP contribution in [0.2, 0.25) is 0 Å². The molecule has 0 radical (unpaired) electrons. The van der Waals surface area contributed by atoms with Gasteiger partial charge in [0.1, 0.15) is 6.54 Å². The molecule has 0 bridgehead atoms. The van der Waals surface area contributed by atoms with Crippen molar-refractivity contribution in [1.29, 1.82) is 0 Å². The average Bonchev–Trinajstić information content (AvgIpc) is 2.38. The molecule has 0 aliphatic carbocycles. The summed E-state index contributed by atoms with van der Waals surface area (Å²) in [5.41, 5.74) is 1.14. The fourth-order valence-electron chi connectivity index (χ4n) is 2.01. The van der Waals surface area contributed by atoms with Gasteiger partial charge in [0.25, 0.3) is 0 Å². The fourth-order valence-corrected chi connectivity index (χ4v) is 2.01. The Morgan fingerprint density at radius 3 is 2.50 bits per heavy atom. The maximum atomic E-state index is 12.0. The number of aliphatic carboxylic acids is 1. The zero-order chi connectivity index (χ0) is 15.0. The van der Waals surface area contributed by atoms with Gasteiger partial charge in [-0.05, 0) is 25.3 Å². The molecule has 0 aromatic heterocycles. The van der Waals surface area contributed by atoms with Crippen molar-refractivity contribution in [3.05, 3.63) is 35.9 Å². The van der Waals surface area contributed by atoms with E-state index in [9.17, 15) is 9.59 Å². The number of carboxylic acid groups (broad SMARTS) is 1. The minimum atomic E-state index is -0.996. The van der Waals surface area contributed by atoms with Crippen molar-refractivity contribution >= 4 is 12.0 Å². The van der Waals surface area contributed by atoms with Crippen molar-refractivity contribution in [2.75, 3.05) is 13.1 Å². The molecule has 0 saturated heterocycles. The van der Waals surface area contributed by atoms with E-state index in [2.05, 4.69) is 5.32 Å². The summed E-state index contributed by atoms with van der Waals surface area (Å²) in [4.78, 5) is 24.1. The van der Waals surface area contributed by atoms with Crippen molar-refractivity contribution in [1.82, 2.24) is 10.2 Å². The average molecular weight is 278 g/mol. The third kappa shape index (κ3) is 5.73. The van der Waals surface area contributed by atoms with Gasteiger partial charge in [0.2, 0.25) is 0 Å². The summed E-state index contributed by atoms with van der Waals surface area (Å²) in [5, 5.41) is 11.6. The highest BCUT2D eigenvalue weighted by molar-refractivity contribution is 5.80. The lowest BCUT2D eigenvalue weighted by atomic mass is 10.1. The van der Waals surface area contributed by atoms with Crippen LogP contribution in [-0.2, 0) is 11.2 Å². The third-order valence-corrected chi connectivity index (χ3v) is 2.86. The first-order chi connectivity index (χ1) is 9.52. The lowest BCUT2D eigenvalue weighted by molar-refractivity contribution is -0.137. The Balaban J connectivity index is 2.52. The van der Waals surface area contributed by atoms with Gasteiger partial charge in [-0.1, -0.05) is 37.3 Å². The van der Waals surface area contributed by atoms with Gasteiger partial charge >= 0.3 is 12.0 Å². The Kier molecular flexibility index (Phi) is 6.56. The van der Waals surface area contributed by atoms with Gasteiger partial charge < -0.3 is 15.3 Å². The number of benzene rings is 1. The van der Waals surface area contributed by atoms with Crippen LogP contribution in [0.15, 0.2) is 30.3 Å². The lowest BCUT2D eigenvalue weighted by Gasteiger charge is -2.23. The number of carbonyl (C=O) groups excluding carboxylic acids is 1. The van der Waals surface area contributed by atoms with E-state index in [-0.39, 0.29) is 18.6 Å². The maximum Gasteiger partial charge on any atom is 0.323 e. The van der Waals surface area contributed by atoms with Crippen LogP contribution in [0.4, 0.5) is 4.79 Å². The number of nitrogens with one attached hydrogen (secondary N) is 1. The normalized spacial score (nSPS) is 11.7. The van der Waals surface area contributed by atoms with E-state index in [1.54, 1.807) is 0 Å². The van der Waals surface area contributed by atoms with Crippen LogP contribution >= 0.6 is 0 Å². The number of carboxylic acids is 1. The minimum absolute atomic E-state index is 0.0435. The van der Waals surface area contributed by atoms with Crippen molar-refractivity contribution in [3.63, 3.8) is 0 Å². The van der Waals surface area contributed by atoms with Gasteiger partial charge in [-0.2, -0.15) is 0 Å². The number of carbonyl (C=O) groups is 2. The second-order valence-electron chi connectivity index (χ2n) is 4.86. The van der Waals surface area contributed by atoms with Crippen molar-refractivity contribution < 1.29 is 14.7 Å². The third-order valence-electron chi connectivity index (χ3n) is 2.86. The highest BCUT2D eigenvalue weighted by atomic mass is 16.4. The molecule has 0 fully saturated rings. The first kappa shape index (κ1) is 16.0. The van der Waals surface area contributed by atoms with Gasteiger partial charge in [-0.25, -0.2) is 4.79 Å². The van der Waals surface area contributed by atoms with Gasteiger partial charge in [-0.3, -0.25) is 4.79 Å². The Bertz CT molecular complexity index is 434. The summed E-state index contributed by atoms with van der Waals surface area (Å²) in [6.45, 7) is 4.00. The second-order valence-corrected chi connectivity index (χ2v) is 4.86. The molecule has 20 heavy (non-hydrogen) atoms. The number of amides is 2. The summed E-state index contributed by atoms with van der Waals surface area (Å²) < 4.78 is 0. The van der Waals surface area contributed by atoms with Crippen LogP contribution in [0.5, 0.6) is 0 Å². The summed E-state index contributed by atoms with van der Waals surface area (Å²) >= 11 is 0. The van der Waals surface area contributed by atoms with Crippen LogP contribution in [-0.4, -0.2) is 41.1 Å². The minimum Gasteiger partial charge on any atom is -0.480 e.